The van der Waals surface area contributed by atoms with Gasteiger partial charge in [-0.05, 0) is 12.8 Å². The number of ether oxygens (including phenoxy) is 2. The van der Waals surface area contributed by atoms with Crippen LogP contribution in [-0.2, 0) is 14.3 Å². The van der Waals surface area contributed by atoms with Crippen LogP contribution in [0.5, 0.6) is 0 Å². The Morgan fingerprint density at radius 1 is 1.11 bits per heavy atom. The van der Waals surface area contributed by atoms with E-state index in [2.05, 4.69) is 4.90 Å². The van der Waals surface area contributed by atoms with Gasteiger partial charge < -0.3 is 15.2 Å². The van der Waals surface area contributed by atoms with Gasteiger partial charge in [-0.3, -0.25) is 9.69 Å². The predicted octanol–water partition coefficient (Wildman–Crippen LogP) is 0.771. The molecule has 1 amide bonds. The summed E-state index contributed by atoms with van der Waals surface area (Å²) in [6, 6.07) is 0. The molecule has 2 N–H and O–H groups in total. The summed E-state index contributed by atoms with van der Waals surface area (Å²) in [5, 5.41) is 0. The quantitative estimate of drug-likeness (QED) is 0.588. The normalized spacial score (nSPS) is 16.9. The molecule has 0 aliphatic carbocycles. The zero-order chi connectivity index (χ0) is 13.1. The van der Waals surface area contributed by atoms with Gasteiger partial charge in [0, 0.05) is 32.7 Å². The molecule has 5 nitrogen and oxygen atoms in total. The van der Waals surface area contributed by atoms with Crippen LogP contribution in [0.25, 0.3) is 0 Å². The maximum Gasteiger partial charge on any atom is 0.217 e. The van der Waals surface area contributed by atoms with Crippen LogP contribution >= 0.6 is 0 Å². The van der Waals surface area contributed by atoms with Crippen molar-refractivity contribution in [2.24, 2.45) is 5.73 Å². The first kappa shape index (κ1) is 15.4. The summed E-state index contributed by atoms with van der Waals surface area (Å²) in [6.45, 7) is 6.37. The Labute approximate surface area is 110 Å². The number of rotatable bonds is 10. The van der Waals surface area contributed by atoms with Crippen LogP contribution in [-0.4, -0.2) is 56.9 Å². The van der Waals surface area contributed by atoms with Gasteiger partial charge in [0.1, 0.15) is 0 Å². The Hall–Kier alpha value is -0.650. The summed E-state index contributed by atoms with van der Waals surface area (Å²) in [4.78, 5) is 12.9. The Bertz CT molecular complexity index is 218. The Balaban J connectivity index is 1.76. The van der Waals surface area contributed by atoms with Crippen LogP contribution in [0.2, 0.25) is 0 Å². The van der Waals surface area contributed by atoms with E-state index in [4.69, 9.17) is 15.2 Å². The molecule has 1 fully saturated rings. The second kappa shape index (κ2) is 10.3. The Morgan fingerprint density at radius 2 is 1.83 bits per heavy atom. The van der Waals surface area contributed by atoms with Crippen LogP contribution in [0.1, 0.15) is 32.1 Å². The molecule has 1 rings (SSSR count). The Kier molecular flexibility index (Phi) is 8.81. The van der Waals surface area contributed by atoms with E-state index in [1.807, 2.05) is 0 Å². The number of carbonyl (C=O) groups excluding carboxylic acids is 1. The second-order valence-corrected chi connectivity index (χ2v) is 4.70. The number of unbranched alkanes of at least 4 members (excludes halogenated alkanes) is 3. The highest BCUT2D eigenvalue weighted by molar-refractivity contribution is 5.73. The number of primary amides is 1. The first-order valence-corrected chi connectivity index (χ1v) is 6.95. The molecule has 1 saturated heterocycles. The molecule has 0 radical (unpaired) electrons. The largest absolute Gasteiger partial charge is 0.380 e. The molecule has 0 aromatic carbocycles. The van der Waals surface area contributed by atoms with Gasteiger partial charge in [0.2, 0.25) is 5.91 Å². The van der Waals surface area contributed by atoms with Crippen LogP contribution in [0.4, 0.5) is 0 Å². The number of hydrogen-bond acceptors (Lipinski definition) is 4. The van der Waals surface area contributed by atoms with Crippen molar-refractivity contribution < 1.29 is 14.3 Å². The molecule has 1 heterocycles. The highest BCUT2D eigenvalue weighted by atomic mass is 16.5. The lowest BCUT2D eigenvalue weighted by Gasteiger charge is -2.26. The van der Waals surface area contributed by atoms with Gasteiger partial charge in [0.15, 0.2) is 0 Å². The summed E-state index contributed by atoms with van der Waals surface area (Å²) in [5.41, 5.74) is 5.07. The minimum Gasteiger partial charge on any atom is -0.380 e. The average molecular weight is 258 g/mol. The average Bonchev–Trinajstić information content (AvgIpc) is 2.37. The molecule has 5 heteroatoms. The van der Waals surface area contributed by atoms with Gasteiger partial charge in [-0.25, -0.2) is 0 Å². The van der Waals surface area contributed by atoms with Crippen molar-refractivity contribution in [2.75, 3.05) is 46.1 Å². The van der Waals surface area contributed by atoms with E-state index in [1.165, 1.54) is 0 Å². The minimum atomic E-state index is -0.197. The van der Waals surface area contributed by atoms with E-state index in [0.29, 0.717) is 6.42 Å². The van der Waals surface area contributed by atoms with E-state index in [9.17, 15) is 4.79 Å². The third kappa shape index (κ3) is 8.44. The van der Waals surface area contributed by atoms with Gasteiger partial charge in [-0.2, -0.15) is 0 Å². The van der Waals surface area contributed by atoms with Crippen molar-refractivity contribution in [3.8, 4) is 0 Å². The first-order chi connectivity index (χ1) is 8.79. The number of nitrogens with zero attached hydrogens (tertiary/aromatic N) is 1. The molecular formula is C13H26N2O3. The summed E-state index contributed by atoms with van der Waals surface area (Å²) in [6.07, 6.45) is 4.67. The van der Waals surface area contributed by atoms with E-state index in [-0.39, 0.29) is 5.91 Å². The molecule has 0 bridgehead atoms. The fourth-order valence-electron chi connectivity index (χ4n) is 1.98. The zero-order valence-corrected chi connectivity index (χ0v) is 11.2. The number of nitrogens with two attached hydrogens (primary N) is 1. The van der Waals surface area contributed by atoms with E-state index in [0.717, 1.165) is 71.7 Å². The van der Waals surface area contributed by atoms with Crippen LogP contribution < -0.4 is 5.73 Å². The molecule has 1 aliphatic heterocycles. The van der Waals surface area contributed by atoms with Crippen LogP contribution in [0.15, 0.2) is 0 Å². The molecule has 106 valence electrons. The molecule has 0 saturated carbocycles. The van der Waals surface area contributed by atoms with Crippen molar-refractivity contribution in [2.45, 2.75) is 32.1 Å². The molecule has 1 aliphatic rings. The standard InChI is InChI=1S/C13H26N2O3/c14-13(16)5-3-1-2-4-9-17-10-6-15-7-11-18-12-8-15/h1-12H2,(H2,14,16). The topological polar surface area (TPSA) is 64.8 Å². The third-order valence-electron chi connectivity index (χ3n) is 3.12. The van der Waals surface area contributed by atoms with Crippen molar-refractivity contribution in [3.05, 3.63) is 0 Å². The number of carbonyl (C=O) groups is 1. The summed E-state index contributed by atoms with van der Waals surface area (Å²) < 4.78 is 10.9. The maximum atomic E-state index is 10.5. The van der Waals surface area contributed by atoms with Gasteiger partial charge in [-0.15, -0.1) is 0 Å². The molecule has 18 heavy (non-hydrogen) atoms. The molecule has 0 atom stereocenters. The fraction of sp³-hybridized carbons (Fsp3) is 0.923. The molecule has 0 spiro atoms. The van der Waals surface area contributed by atoms with Gasteiger partial charge >= 0.3 is 0 Å². The molecule has 0 aromatic heterocycles. The lowest BCUT2D eigenvalue weighted by molar-refractivity contribution is -0.118. The second-order valence-electron chi connectivity index (χ2n) is 4.70. The Morgan fingerprint density at radius 3 is 2.56 bits per heavy atom. The maximum absolute atomic E-state index is 10.5. The van der Waals surface area contributed by atoms with Crippen molar-refractivity contribution in [1.29, 1.82) is 0 Å². The molecular weight excluding hydrogens is 232 g/mol. The van der Waals surface area contributed by atoms with Gasteiger partial charge in [0.25, 0.3) is 0 Å². The van der Waals surface area contributed by atoms with E-state index in [1.54, 1.807) is 0 Å². The smallest absolute Gasteiger partial charge is 0.217 e. The van der Waals surface area contributed by atoms with Crippen molar-refractivity contribution >= 4 is 5.91 Å². The van der Waals surface area contributed by atoms with Crippen molar-refractivity contribution in [3.63, 3.8) is 0 Å². The summed E-state index contributed by atoms with van der Waals surface area (Å²) >= 11 is 0. The first-order valence-electron chi connectivity index (χ1n) is 6.95. The highest BCUT2D eigenvalue weighted by Crippen LogP contribution is 2.03. The molecule has 0 unspecified atom stereocenters. The fourth-order valence-corrected chi connectivity index (χ4v) is 1.98. The van der Waals surface area contributed by atoms with Crippen LogP contribution in [0, 0.1) is 0 Å². The van der Waals surface area contributed by atoms with E-state index < -0.39 is 0 Å². The number of hydrogen-bond donors (Lipinski definition) is 1. The van der Waals surface area contributed by atoms with E-state index >= 15 is 0 Å². The van der Waals surface area contributed by atoms with Gasteiger partial charge in [-0.1, -0.05) is 12.8 Å². The monoisotopic (exact) mass is 258 g/mol. The zero-order valence-electron chi connectivity index (χ0n) is 11.2. The SMILES string of the molecule is NC(=O)CCCCCCOCCN1CCOCC1. The lowest BCUT2D eigenvalue weighted by Crippen LogP contribution is -2.38. The highest BCUT2D eigenvalue weighted by Gasteiger charge is 2.08. The minimum absolute atomic E-state index is 0.197. The van der Waals surface area contributed by atoms with Crippen molar-refractivity contribution in [1.82, 2.24) is 4.90 Å². The summed E-state index contributed by atoms with van der Waals surface area (Å²) in [7, 11) is 0. The summed E-state index contributed by atoms with van der Waals surface area (Å²) in [5.74, 6) is -0.197. The number of morpholine rings is 1. The number of amides is 1. The lowest BCUT2D eigenvalue weighted by atomic mass is 10.1. The predicted molar refractivity (Wildman–Crippen MR) is 70.4 cm³/mol. The van der Waals surface area contributed by atoms with Gasteiger partial charge in [0.05, 0.1) is 19.8 Å². The van der Waals surface area contributed by atoms with Crippen LogP contribution in [0.3, 0.4) is 0 Å². The third-order valence-corrected chi connectivity index (χ3v) is 3.12. The molecule has 0 aromatic rings.